The highest BCUT2D eigenvalue weighted by atomic mass is 35.5. The summed E-state index contributed by atoms with van der Waals surface area (Å²) in [6, 6.07) is 8.16. The molecule has 1 unspecified atom stereocenters. The van der Waals surface area contributed by atoms with Gasteiger partial charge in [-0.25, -0.2) is 0 Å². The number of nitrogens with two attached hydrogens (primary N) is 2. The largest absolute Gasteiger partial charge is 1.00 e. The van der Waals surface area contributed by atoms with Crippen LogP contribution in [0.15, 0.2) is 24.3 Å². The van der Waals surface area contributed by atoms with Crippen molar-refractivity contribution in [1.29, 1.82) is 0 Å². The first-order valence-corrected chi connectivity index (χ1v) is 7.43. The molecule has 1 atom stereocenters. The third kappa shape index (κ3) is 8.44. The molecule has 22 heavy (non-hydrogen) atoms. The SMILES string of the molecule is CC[N+](C)(CC)CCCC(CN)c1ccc(N)cc1.Cl.Cl.[Cl-]. The zero-order valence-electron chi connectivity index (χ0n) is 13.9. The molecule has 3 nitrogen and oxygen atoms in total. The van der Waals surface area contributed by atoms with E-state index in [1.165, 1.54) is 31.6 Å². The second-order valence-corrected chi connectivity index (χ2v) is 5.72. The van der Waals surface area contributed by atoms with Gasteiger partial charge in [-0.3, -0.25) is 0 Å². The Balaban J connectivity index is -0.00000120. The van der Waals surface area contributed by atoms with Crippen molar-refractivity contribution in [2.24, 2.45) is 5.73 Å². The topological polar surface area (TPSA) is 52.0 Å². The van der Waals surface area contributed by atoms with Gasteiger partial charge < -0.3 is 28.4 Å². The first kappa shape index (κ1) is 26.7. The van der Waals surface area contributed by atoms with E-state index in [4.69, 9.17) is 11.5 Å². The summed E-state index contributed by atoms with van der Waals surface area (Å²) in [5, 5.41) is 0. The number of benzene rings is 1. The van der Waals surface area contributed by atoms with E-state index >= 15 is 0 Å². The van der Waals surface area contributed by atoms with E-state index in [1.807, 2.05) is 12.1 Å². The van der Waals surface area contributed by atoms with Gasteiger partial charge >= 0.3 is 0 Å². The molecular formula is C16H32Cl3N3. The molecule has 4 N–H and O–H groups in total. The Morgan fingerprint density at radius 3 is 1.95 bits per heavy atom. The van der Waals surface area contributed by atoms with Gasteiger partial charge in [0, 0.05) is 5.69 Å². The van der Waals surface area contributed by atoms with Crippen LogP contribution in [0.25, 0.3) is 0 Å². The predicted molar refractivity (Wildman–Crippen MR) is 98.5 cm³/mol. The first-order valence-electron chi connectivity index (χ1n) is 7.43. The van der Waals surface area contributed by atoms with Gasteiger partial charge in [-0.05, 0) is 56.8 Å². The van der Waals surface area contributed by atoms with Crippen LogP contribution in [0.1, 0.15) is 38.2 Å². The molecule has 0 saturated carbocycles. The number of hydrogen-bond donors (Lipinski definition) is 2. The molecule has 1 aromatic carbocycles. The zero-order valence-corrected chi connectivity index (χ0v) is 16.3. The standard InChI is InChI=1S/C16H30N3.3ClH/c1-4-19(3,5-2)12-6-7-15(13-17)14-8-10-16(18)11-9-14;;;/h8-11,15H,4-7,12-13,17-18H2,1-3H3;3*1H/q+1;;;/p-1. The fraction of sp³-hybridized carbons (Fsp3) is 0.625. The summed E-state index contributed by atoms with van der Waals surface area (Å²) in [6.07, 6.45) is 2.39. The van der Waals surface area contributed by atoms with Gasteiger partial charge in [-0.15, -0.1) is 24.8 Å². The average molecular weight is 373 g/mol. The number of halogens is 3. The van der Waals surface area contributed by atoms with Crippen molar-refractivity contribution in [3.8, 4) is 0 Å². The summed E-state index contributed by atoms with van der Waals surface area (Å²) in [6.45, 7) is 8.88. The number of rotatable bonds is 8. The fourth-order valence-corrected chi connectivity index (χ4v) is 2.45. The lowest BCUT2D eigenvalue weighted by molar-refractivity contribution is -0.906. The van der Waals surface area contributed by atoms with Gasteiger partial charge in [0.15, 0.2) is 0 Å². The van der Waals surface area contributed by atoms with Gasteiger partial charge in [-0.2, -0.15) is 0 Å². The van der Waals surface area contributed by atoms with E-state index in [9.17, 15) is 0 Å². The van der Waals surface area contributed by atoms with E-state index in [0.29, 0.717) is 12.5 Å². The van der Waals surface area contributed by atoms with Gasteiger partial charge in [-0.1, -0.05) is 12.1 Å². The molecule has 0 amide bonds. The quantitative estimate of drug-likeness (QED) is 0.513. The molecule has 0 fully saturated rings. The van der Waals surface area contributed by atoms with E-state index < -0.39 is 0 Å². The number of quaternary nitrogens is 1. The van der Waals surface area contributed by atoms with Crippen molar-refractivity contribution in [1.82, 2.24) is 0 Å². The lowest BCUT2D eigenvalue weighted by Crippen LogP contribution is -3.00. The minimum atomic E-state index is 0. The van der Waals surface area contributed by atoms with Crippen molar-refractivity contribution >= 4 is 30.5 Å². The van der Waals surface area contributed by atoms with Gasteiger partial charge in [0.25, 0.3) is 0 Å². The molecule has 132 valence electrons. The van der Waals surface area contributed by atoms with E-state index in [1.54, 1.807) is 0 Å². The molecule has 1 aromatic rings. The average Bonchev–Trinajstić information content (AvgIpc) is 2.44. The molecule has 0 bridgehead atoms. The maximum Gasteiger partial charge on any atom is 0.0784 e. The second-order valence-electron chi connectivity index (χ2n) is 5.72. The van der Waals surface area contributed by atoms with Crippen LogP contribution in [0.2, 0.25) is 0 Å². The van der Waals surface area contributed by atoms with Crippen molar-refractivity contribution in [2.75, 3.05) is 39.0 Å². The highest BCUT2D eigenvalue weighted by Gasteiger charge is 2.17. The fourth-order valence-electron chi connectivity index (χ4n) is 2.45. The van der Waals surface area contributed by atoms with Crippen molar-refractivity contribution in [3.05, 3.63) is 29.8 Å². The van der Waals surface area contributed by atoms with Crippen LogP contribution in [0.3, 0.4) is 0 Å². The predicted octanol–water partition coefficient (Wildman–Crippen LogP) is 0.425. The summed E-state index contributed by atoms with van der Waals surface area (Å²) in [4.78, 5) is 0. The molecule has 0 heterocycles. The summed E-state index contributed by atoms with van der Waals surface area (Å²) in [5.41, 5.74) is 13.8. The van der Waals surface area contributed by atoms with Crippen LogP contribution >= 0.6 is 24.8 Å². The van der Waals surface area contributed by atoms with Crippen LogP contribution in [-0.4, -0.2) is 37.7 Å². The summed E-state index contributed by atoms with van der Waals surface area (Å²) < 4.78 is 1.15. The molecule has 0 aromatic heterocycles. The van der Waals surface area contributed by atoms with Crippen molar-refractivity contribution < 1.29 is 16.9 Å². The Hall–Kier alpha value is -0.190. The Morgan fingerprint density at radius 1 is 1.05 bits per heavy atom. The highest BCUT2D eigenvalue weighted by molar-refractivity contribution is 5.85. The summed E-state index contributed by atoms with van der Waals surface area (Å²) in [5.74, 6) is 0.461. The van der Waals surface area contributed by atoms with Crippen LogP contribution in [0.4, 0.5) is 5.69 Å². The first-order chi connectivity index (χ1) is 9.04. The number of nitrogen functional groups attached to an aromatic ring is 1. The van der Waals surface area contributed by atoms with Gasteiger partial charge in [0.2, 0.25) is 0 Å². The number of hydrogen-bond acceptors (Lipinski definition) is 2. The van der Waals surface area contributed by atoms with Gasteiger partial charge in [0.1, 0.15) is 0 Å². The lowest BCUT2D eigenvalue weighted by Gasteiger charge is -2.32. The van der Waals surface area contributed by atoms with E-state index in [0.717, 1.165) is 16.6 Å². The number of nitrogens with zero attached hydrogens (tertiary/aromatic N) is 1. The summed E-state index contributed by atoms with van der Waals surface area (Å²) >= 11 is 0. The monoisotopic (exact) mass is 371 g/mol. The molecule has 0 aliphatic rings. The maximum atomic E-state index is 5.92. The minimum Gasteiger partial charge on any atom is -1.00 e. The maximum absolute atomic E-state index is 5.92. The van der Waals surface area contributed by atoms with Crippen LogP contribution in [-0.2, 0) is 0 Å². The molecule has 1 rings (SSSR count). The Kier molecular flexibility index (Phi) is 16.1. The van der Waals surface area contributed by atoms with E-state index in [2.05, 4.69) is 33.0 Å². The van der Waals surface area contributed by atoms with E-state index in [-0.39, 0.29) is 37.2 Å². The van der Waals surface area contributed by atoms with Crippen LogP contribution in [0.5, 0.6) is 0 Å². The zero-order chi connectivity index (χ0) is 14.3. The van der Waals surface area contributed by atoms with Crippen LogP contribution in [0, 0.1) is 0 Å². The van der Waals surface area contributed by atoms with Gasteiger partial charge in [0.05, 0.1) is 26.7 Å². The molecule has 0 spiro atoms. The molecule has 6 heteroatoms. The Morgan fingerprint density at radius 2 is 1.55 bits per heavy atom. The smallest absolute Gasteiger partial charge is 0.0784 e. The lowest BCUT2D eigenvalue weighted by atomic mass is 9.94. The molecule has 0 radical (unpaired) electrons. The molecule has 0 aliphatic carbocycles. The third-order valence-corrected chi connectivity index (χ3v) is 4.47. The Labute approximate surface area is 154 Å². The second kappa shape index (κ2) is 13.3. The number of anilines is 1. The third-order valence-electron chi connectivity index (χ3n) is 4.47. The molecule has 0 aliphatic heterocycles. The van der Waals surface area contributed by atoms with Crippen molar-refractivity contribution in [3.63, 3.8) is 0 Å². The van der Waals surface area contributed by atoms with Crippen LogP contribution < -0.4 is 23.9 Å². The highest BCUT2D eigenvalue weighted by Crippen LogP contribution is 2.22. The minimum absolute atomic E-state index is 0. The normalized spacial score (nSPS) is 11.6. The molecular weight excluding hydrogens is 341 g/mol. The van der Waals surface area contributed by atoms with Crippen molar-refractivity contribution in [2.45, 2.75) is 32.6 Å². The summed E-state index contributed by atoms with van der Waals surface area (Å²) in [7, 11) is 2.33. The Bertz CT molecular complexity index is 367. The molecule has 0 saturated heterocycles.